The maximum Gasteiger partial charge on any atom is 0.165 e. The van der Waals surface area contributed by atoms with E-state index >= 15 is 0 Å². The predicted octanol–water partition coefficient (Wildman–Crippen LogP) is 3.74. The molecule has 0 aliphatic rings. The summed E-state index contributed by atoms with van der Waals surface area (Å²) >= 11 is 5.97. The van der Waals surface area contributed by atoms with Crippen LogP contribution in [-0.4, -0.2) is 13.2 Å². The molecule has 5 heteroatoms. The van der Waals surface area contributed by atoms with Crippen molar-refractivity contribution in [3.63, 3.8) is 0 Å². The monoisotopic (exact) mass is 311 g/mol. The number of hydrogen-bond donors (Lipinski definition) is 1. The van der Waals surface area contributed by atoms with E-state index in [0.717, 1.165) is 11.1 Å². The summed E-state index contributed by atoms with van der Waals surface area (Å²) in [6, 6.07) is 8.74. The van der Waals surface area contributed by atoms with Crippen molar-refractivity contribution in [2.75, 3.05) is 7.11 Å². The fraction of sp³-hybridized carbons (Fsp3) is 0.250. The molecule has 2 nitrogen and oxygen atoms in total. The van der Waals surface area contributed by atoms with Crippen LogP contribution in [-0.2, 0) is 12.8 Å². The van der Waals surface area contributed by atoms with Gasteiger partial charge >= 0.3 is 0 Å². The molecule has 0 saturated heterocycles. The summed E-state index contributed by atoms with van der Waals surface area (Å²) in [5.41, 5.74) is 7.61. The molecule has 1 unspecified atom stereocenters. The lowest BCUT2D eigenvalue weighted by Crippen LogP contribution is -2.25. The van der Waals surface area contributed by atoms with E-state index in [1.54, 1.807) is 18.2 Å². The Morgan fingerprint density at radius 2 is 1.90 bits per heavy atom. The molecule has 0 bridgehead atoms. The van der Waals surface area contributed by atoms with E-state index in [0.29, 0.717) is 17.9 Å². The third kappa shape index (κ3) is 4.16. The first kappa shape index (κ1) is 15.7. The molecular formula is C16H16ClF2NO. The second-order valence-electron chi connectivity index (χ2n) is 4.87. The van der Waals surface area contributed by atoms with Crippen LogP contribution < -0.4 is 10.5 Å². The second-order valence-corrected chi connectivity index (χ2v) is 5.28. The third-order valence-electron chi connectivity index (χ3n) is 3.21. The van der Waals surface area contributed by atoms with Crippen molar-refractivity contribution in [2.24, 2.45) is 5.73 Å². The summed E-state index contributed by atoms with van der Waals surface area (Å²) in [4.78, 5) is 0. The van der Waals surface area contributed by atoms with Gasteiger partial charge in [0.2, 0.25) is 0 Å². The van der Waals surface area contributed by atoms with Gasteiger partial charge in [-0.1, -0.05) is 23.7 Å². The Hall–Kier alpha value is -1.65. The van der Waals surface area contributed by atoms with Crippen LogP contribution in [0.4, 0.5) is 8.78 Å². The highest BCUT2D eigenvalue weighted by atomic mass is 35.5. The average molecular weight is 312 g/mol. The molecule has 0 radical (unpaired) electrons. The van der Waals surface area contributed by atoms with E-state index in [-0.39, 0.29) is 17.6 Å². The Kier molecular flexibility index (Phi) is 5.15. The van der Waals surface area contributed by atoms with Crippen LogP contribution in [0.15, 0.2) is 36.4 Å². The molecule has 2 N–H and O–H groups in total. The third-order valence-corrected chi connectivity index (χ3v) is 3.56. The molecule has 0 aliphatic carbocycles. The molecule has 0 amide bonds. The Bertz CT molecular complexity index is 634. The van der Waals surface area contributed by atoms with Crippen molar-refractivity contribution >= 4 is 11.6 Å². The Balaban J connectivity index is 2.04. The van der Waals surface area contributed by atoms with E-state index in [2.05, 4.69) is 0 Å². The molecule has 0 spiro atoms. The normalized spacial score (nSPS) is 12.2. The van der Waals surface area contributed by atoms with E-state index in [1.807, 2.05) is 0 Å². The number of methoxy groups -OCH3 is 1. The number of benzene rings is 2. The molecule has 1 atom stereocenters. The zero-order valence-corrected chi connectivity index (χ0v) is 12.3. The van der Waals surface area contributed by atoms with Crippen LogP contribution >= 0.6 is 11.6 Å². The van der Waals surface area contributed by atoms with Crippen LogP contribution in [0.3, 0.4) is 0 Å². The largest absolute Gasteiger partial charge is 0.494 e. The Morgan fingerprint density at radius 1 is 1.14 bits per heavy atom. The van der Waals surface area contributed by atoms with Gasteiger partial charge in [-0.2, -0.15) is 0 Å². The average Bonchev–Trinajstić information content (AvgIpc) is 2.42. The molecule has 0 fully saturated rings. The Morgan fingerprint density at radius 3 is 2.52 bits per heavy atom. The first-order chi connectivity index (χ1) is 9.99. The number of ether oxygens (including phenoxy) is 1. The van der Waals surface area contributed by atoms with Crippen LogP contribution in [0.25, 0.3) is 0 Å². The summed E-state index contributed by atoms with van der Waals surface area (Å²) in [6.07, 6.45) is 0.987. The van der Waals surface area contributed by atoms with Gasteiger partial charge in [-0.05, 0) is 48.2 Å². The summed E-state index contributed by atoms with van der Waals surface area (Å²) < 4.78 is 31.5. The zero-order chi connectivity index (χ0) is 15.4. The topological polar surface area (TPSA) is 35.2 Å². The van der Waals surface area contributed by atoms with Gasteiger partial charge in [0.15, 0.2) is 11.6 Å². The molecule has 0 aromatic heterocycles. The van der Waals surface area contributed by atoms with Crippen LogP contribution in [0.5, 0.6) is 5.75 Å². The summed E-state index contributed by atoms with van der Waals surface area (Å²) in [7, 11) is 1.42. The summed E-state index contributed by atoms with van der Waals surface area (Å²) in [5, 5.41) is 0.353. The van der Waals surface area contributed by atoms with Crippen LogP contribution in [0.2, 0.25) is 5.02 Å². The minimum absolute atomic E-state index is 0.203. The van der Waals surface area contributed by atoms with Crippen molar-refractivity contribution in [3.05, 3.63) is 64.2 Å². The van der Waals surface area contributed by atoms with Gasteiger partial charge in [0.05, 0.1) is 7.11 Å². The summed E-state index contributed by atoms with van der Waals surface area (Å²) in [5.74, 6) is -0.592. The van der Waals surface area contributed by atoms with E-state index in [1.165, 1.54) is 25.3 Å². The molecule has 0 aliphatic heterocycles. The van der Waals surface area contributed by atoms with E-state index in [9.17, 15) is 8.78 Å². The minimum atomic E-state index is -0.415. The van der Waals surface area contributed by atoms with Gasteiger partial charge in [0, 0.05) is 11.1 Å². The maximum absolute atomic E-state index is 13.6. The van der Waals surface area contributed by atoms with Gasteiger partial charge in [-0.15, -0.1) is 0 Å². The molecule has 2 aromatic rings. The lowest BCUT2D eigenvalue weighted by Gasteiger charge is -2.13. The zero-order valence-electron chi connectivity index (χ0n) is 11.6. The van der Waals surface area contributed by atoms with Crippen LogP contribution in [0, 0.1) is 11.6 Å². The predicted molar refractivity (Wildman–Crippen MR) is 79.7 cm³/mol. The second kappa shape index (κ2) is 6.87. The standard InChI is InChI=1S/C16H16ClF2NO/c1-21-16-5-2-10(7-15(16)19)6-13(20)8-11-3-4-12(18)9-14(11)17/h2-5,7,9,13H,6,8,20H2,1H3. The molecule has 112 valence electrons. The van der Waals surface area contributed by atoms with Crippen molar-refractivity contribution in [2.45, 2.75) is 18.9 Å². The van der Waals surface area contributed by atoms with Crippen molar-refractivity contribution in [3.8, 4) is 5.75 Å². The highest BCUT2D eigenvalue weighted by Gasteiger charge is 2.11. The quantitative estimate of drug-likeness (QED) is 0.913. The summed E-state index contributed by atoms with van der Waals surface area (Å²) in [6.45, 7) is 0. The fourth-order valence-electron chi connectivity index (χ4n) is 2.18. The first-order valence-corrected chi connectivity index (χ1v) is 6.89. The van der Waals surface area contributed by atoms with E-state index in [4.69, 9.17) is 22.1 Å². The van der Waals surface area contributed by atoms with Gasteiger partial charge in [-0.25, -0.2) is 8.78 Å². The highest BCUT2D eigenvalue weighted by Crippen LogP contribution is 2.21. The SMILES string of the molecule is COc1ccc(CC(N)Cc2ccc(F)cc2Cl)cc1F. The van der Waals surface area contributed by atoms with Crippen molar-refractivity contribution in [1.29, 1.82) is 0 Å². The first-order valence-electron chi connectivity index (χ1n) is 6.51. The van der Waals surface area contributed by atoms with Gasteiger partial charge in [0.25, 0.3) is 0 Å². The lowest BCUT2D eigenvalue weighted by atomic mass is 9.99. The van der Waals surface area contributed by atoms with Gasteiger partial charge in [0.1, 0.15) is 5.82 Å². The van der Waals surface area contributed by atoms with Gasteiger partial charge < -0.3 is 10.5 Å². The minimum Gasteiger partial charge on any atom is -0.494 e. The maximum atomic E-state index is 13.6. The molecule has 2 aromatic carbocycles. The van der Waals surface area contributed by atoms with Crippen molar-refractivity contribution < 1.29 is 13.5 Å². The van der Waals surface area contributed by atoms with E-state index < -0.39 is 5.82 Å². The number of rotatable bonds is 5. The van der Waals surface area contributed by atoms with Crippen LogP contribution in [0.1, 0.15) is 11.1 Å². The highest BCUT2D eigenvalue weighted by molar-refractivity contribution is 6.31. The van der Waals surface area contributed by atoms with Gasteiger partial charge in [-0.3, -0.25) is 0 Å². The molecular weight excluding hydrogens is 296 g/mol. The molecule has 0 heterocycles. The van der Waals surface area contributed by atoms with Crippen molar-refractivity contribution in [1.82, 2.24) is 0 Å². The lowest BCUT2D eigenvalue weighted by molar-refractivity contribution is 0.386. The molecule has 2 rings (SSSR count). The molecule has 0 saturated carbocycles. The fourth-order valence-corrected chi connectivity index (χ4v) is 2.43. The number of halogens is 3. The number of hydrogen-bond acceptors (Lipinski definition) is 2. The smallest absolute Gasteiger partial charge is 0.165 e. The Labute approximate surface area is 127 Å². The molecule has 21 heavy (non-hydrogen) atoms. The number of nitrogens with two attached hydrogens (primary N) is 1.